The number of benzene rings is 1. The van der Waals surface area contributed by atoms with Gasteiger partial charge >= 0.3 is 0 Å². The Balaban J connectivity index is 2.75. The van der Waals surface area contributed by atoms with E-state index in [1.807, 2.05) is 49.6 Å². The number of carbonyl (C=O) groups excluding carboxylic acids is 1. The van der Waals surface area contributed by atoms with E-state index in [9.17, 15) is 14.9 Å². The largest absolute Gasteiger partial charge is 0.298 e. The molecule has 2 aromatic rings. The van der Waals surface area contributed by atoms with Crippen LogP contribution in [0.3, 0.4) is 0 Å². The fraction of sp³-hybridized carbons (Fsp3) is 0.350. The van der Waals surface area contributed by atoms with Crippen molar-refractivity contribution in [3.63, 3.8) is 0 Å². The second-order valence-corrected chi connectivity index (χ2v) is 8.71. The predicted molar refractivity (Wildman–Crippen MR) is 109 cm³/mol. The second-order valence-electron chi connectivity index (χ2n) is 6.80. The van der Waals surface area contributed by atoms with Gasteiger partial charge in [-0.3, -0.25) is 14.2 Å². The number of rotatable bonds is 4. The zero-order chi connectivity index (χ0) is 19.5. The SMILES string of the molecule is CCn1c(=O)/c(=C/c2ccc(SC)cc2)s/c1=C(\C#N)C(=O)C(C)(C)C. The third-order valence-electron chi connectivity index (χ3n) is 3.87. The third kappa shape index (κ3) is 4.17. The summed E-state index contributed by atoms with van der Waals surface area (Å²) in [7, 11) is 0. The standard InChI is InChI=1S/C20H22N2O2S2/c1-6-22-18(24)16(11-13-7-9-14(25-5)10-8-13)26-19(22)15(12-21)17(23)20(2,3)4/h7-11H,6H2,1-5H3/b16-11-,19-15+. The van der Waals surface area contributed by atoms with Gasteiger partial charge < -0.3 is 0 Å². The lowest BCUT2D eigenvalue weighted by Gasteiger charge is -2.15. The van der Waals surface area contributed by atoms with Gasteiger partial charge in [0, 0.05) is 16.9 Å². The third-order valence-corrected chi connectivity index (χ3v) is 5.75. The van der Waals surface area contributed by atoms with Crippen LogP contribution in [0.15, 0.2) is 34.0 Å². The number of aromatic nitrogens is 1. The number of thioether (sulfide) groups is 1. The first-order chi connectivity index (χ1) is 12.2. The topological polar surface area (TPSA) is 62.9 Å². The van der Waals surface area contributed by atoms with Crippen molar-refractivity contribution in [2.75, 3.05) is 6.26 Å². The molecule has 0 saturated heterocycles. The summed E-state index contributed by atoms with van der Waals surface area (Å²) < 4.78 is 2.47. The van der Waals surface area contributed by atoms with Gasteiger partial charge in [-0.05, 0) is 37.0 Å². The molecule has 4 nitrogen and oxygen atoms in total. The molecule has 0 N–H and O–H groups in total. The highest BCUT2D eigenvalue weighted by Gasteiger charge is 2.27. The molecule has 0 fully saturated rings. The van der Waals surface area contributed by atoms with Gasteiger partial charge in [0.1, 0.15) is 16.3 Å². The van der Waals surface area contributed by atoms with Crippen LogP contribution in [0.2, 0.25) is 0 Å². The minimum atomic E-state index is -0.679. The number of thiazole rings is 1. The summed E-state index contributed by atoms with van der Waals surface area (Å²) >= 11 is 2.86. The maximum Gasteiger partial charge on any atom is 0.269 e. The molecular formula is C20H22N2O2S2. The summed E-state index contributed by atoms with van der Waals surface area (Å²) in [6, 6.07) is 9.93. The lowest BCUT2D eigenvalue weighted by Crippen LogP contribution is -2.33. The Morgan fingerprint density at radius 2 is 1.92 bits per heavy atom. The van der Waals surface area contributed by atoms with E-state index in [0.717, 1.165) is 10.5 Å². The Morgan fingerprint density at radius 3 is 2.38 bits per heavy atom. The van der Waals surface area contributed by atoms with Gasteiger partial charge in [-0.15, -0.1) is 23.1 Å². The molecule has 0 aliphatic heterocycles. The number of ketones is 1. The lowest BCUT2D eigenvalue weighted by molar-refractivity contribution is -0.120. The van der Waals surface area contributed by atoms with Gasteiger partial charge in [0.25, 0.3) is 5.56 Å². The van der Waals surface area contributed by atoms with Gasteiger partial charge in [-0.1, -0.05) is 32.9 Å². The van der Waals surface area contributed by atoms with Crippen molar-refractivity contribution in [1.82, 2.24) is 4.57 Å². The Morgan fingerprint density at radius 1 is 1.31 bits per heavy atom. The van der Waals surface area contributed by atoms with Crippen molar-refractivity contribution in [1.29, 1.82) is 5.26 Å². The van der Waals surface area contributed by atoms with Crippen molar-refractivity contribution >= 4 is 40.5 Å². The minimum Gasteiger partial charge on any atom is -0.298 e. The number of hydrogen-bond acceptors (Lipinski definition) is 5. The molecular weight excluding hydrogens is 364 g/mol. The average Bonchev–Trinajstić information content (AvgIpc) is 2.91. The van der Waals surface area contributed by atoms with Crippen molar-refractivity contribution in [3.05, 3.63) is 49.4 Å². The van der Waals surface area contributed by atoms with Crippen molar-refractivity contribution < 1.29 is 4.79 Å². The van der Waals surface area contributed by atoms with Crippen LogP contribution < -0.4 is 14.8 Å². The number of hydrogen-bond donors (Lipinski definition) is 0. The van der Waals surface area contributed by atoms with E-state index >= 15 is 0 Å². The van der Waals surface area contributed by atoms with Crippen LogP contribution >= 0.6 is 23.1 Å². The van der Waals surface area contributed by atoms with Gasteiger partial charge in [-0.25, -0.2) is 0 Å². The Labute approximate surface area is 161 Å². The van der Waals surface area contributed by atoms with Crippen LogP contribution in [0.5, 0.6) is 0 Å². The first-order valence-electron chi connectivity index (χ1n) is 8.27. The Hall–Kier alpha value is -2.10. The molecule has 0 unspecified atom stereocenters. The molecule has 0 radical (unpaired) electrons. The lowest BCUT2D eigenvalue weighted by atomic mass is 9.87. The number of carbonyl (C=O) groups is 1. The highest BCUT2D eigenvalue weighted by molar-refractivity contribution is 7.98. The van der Waals surface area contributed by atoms with E-state index in [4.69, 9.17) is 0 Å². The quantitative estimate of drug-likeness (QED) is 0.758. The molecule has 0 aliphatic carbocycles. The summed E-state index contributed by atoms with van der Waals surface area (Å²) in [4.78, 5) is 26.5. The molecule has 1 aromatic carbocycles. The normalized spacial score (nSPS) is 13.5. The van der Waals surface area contributed by atoms with Crippen molar-refractivity contribution in [2.45, 2.75) is 39.1 Å². The predicted octanol–water partition coefficient (Wildman–Crippen LogP) is 2.77. The molecule has 0 saturated carbocycles. The van der Waals surface area contributed by atoms with E-state index < -0.39 is 5.41 Å². The molecule has 136 valence electrons. The molecule has 0 amide bonds. The summed E-state index contributed by atoms with van der Waals surface area (Å²) in [6.45, 7) is 7.57. The van der Waals surface area contributed by atoms with Crippen LogP contribution in [0.4, 0.5) is 0 Å². The smallest absolute Gasteiger partial charge is 0.269 e. The maximum absolute atomic E-state index is 12.7. The molecule has 1 heterocycles. The number of nitrogens with zero attached hydrogens (tertiary/aromatic N) is 2. The van der Waals surface area contributed by atoms with Gasteiger partial charge in [0.2, 0.25) is 0 Å². The van der Waals surface area contributed by atoms with Crippen LogP contribution in [-0.2, 0) is 11.3 Å². The fourth-order valence-electron chi connectivity index (χ4n) is 2.41. The van der Waals surface area contributed by atoms with Gasteiger partial charge in [-0.2, -0.15) is 5.26 Å². The molecule has 1 aromatic heterocycles. The fourth-order valence-corrected chi connectivity index (χ4v) is 3.99. The molecule has 0 spiro atoms. The minimum absolute atomic E-state index is 0.0545. The molecule has 6 heteroatoms. The summed E-state index contributed by atoms with van der Waals surface area (Å²) in [5.41, 5.74) is 0.118. The van der Waals surface area contributed by atoms with E-state index in [0.29, 0.717) is 15.7 Å². The van der Waals surface area contributed by atoms with Crippen molar-refractivity contribution in [3.8, 4) is 6.07 Å². The Kier molecular flexibility index (Phi) is 6.27. The summed E-state index contributed by atoms with van der Waals surface area (Å²) in [5, 5.41) is 9.55. The van der Waals surface area contributed by atoms with Crippen LogP contribution in [-0.4, -0.2) is 16.6 Å². The summed E-state index contributed by atoms with van der Waals surface area (Å²) in [5.74, 6) is -0.251. The Bertz CT molecular complexity index is 1030. The molecule has 26 heavy (non-hydrogen) atoms. The molecule has 0 aliphatic rings. The van der Waals surface area contributed by atoms with E-state index in [1.54, 1.807) is 32.5 Å². The first kappa shape index (κ1) is 20.2. The van der Waals surface area contributed by atoms with E-state index in [1.165, 1.54) is 15.9 Å². The maximum atomic E-state index is 12.7. The first-order valence-corrected chi connectivity index (χ1v) is 10.3. The van der Waals surface area contributed by atoms with E-state index in [-0.39, 0.29) is 16.9 Å². The van der Waals surface area contributed by atoms with Crippen LogP contribution in [0, 0.1) is 16.7 Å². The van der Waals surface area contributed by atoms with Gasteiger partial charge in [0.05, 0.1) is 4.53 Å². The van der Waals surface area contributed by atoms with Gasteiger partial charge in [0.15, 0.2) is 5.78 Å². The summed E-state index contributed by atoms with van der Waals surface area (Å²) in [6.07, 6.45) is 3.82. The number of nitriles is 1. The van der Waals surface area contributed by atoms with Crippen molar-refractivity contribution in [2.24, 2.45) is 5.41 Å². The zero-order valence-corrected chi connectivity index (χ0v) is 17.3. The highest BCUT2D eigenvalue weighted by Crippen LogP contribution is 2.19. The highest BCUT2D eigenvalue weighted by atomic mass is 32.2. The van der Waals surface area contributed by atoms with Crippen LogP contribution in [0.1, 0.15) is 33.3 Å². The molecule has 2 rings (SSSR count). The zero-order valence-electron chi connectivity index (χ0n) is 15.6. The molecule has 0 atom stereocenters. The molecule has 0 bridgehead atoms. The van der Waals surface area contributed by atoms with Crippen LogP contribution in [0.25, 0.3) is 11.6 Å². The monoisotopic (exact) mass is 386 g/mol. The van der Waals surface area contributed by atoms with E-state index in [2.05, 4.69) is 0 Å². The second kappa shape index (κ2) is 8.07. The number of Topliss-reactive ketones (excluding diaryl/α,β-unsaturated/α-hetero) is 1. The average molecular weight is 387 g/mol.